The lowest BCUT2D eigenvalue weighted by Crippen LogP contribution is -2.49. The minimum absolute atomic E-state index is 0.122. The van der Waals surface area contributed by atoms with Gasteiger partial charge in [0.05, 0.1) is 5.92 Å². The second kappa shape index (κ2) is 11.7. The minimum atomic E-state index is -1.99. The first-order valence-electron chi connectivity index (χ1n) is 9.84. The Morgan fingerprint density at radius 2 is 1.36 bits per heavy atom. The maximum absolute atomic E-state index is 11.8. The van der Waals surface area contributed by atoms with Gasteiger partial charge in [0.1, 0.15) is 0 Å². The Labute approximate surface area is 156 Å². The zero-order valence-corrected chi connectivity index (χ0v) is 18.6. The first kappa shape index (κ1) is 24.1. The van der Waals surface area contributed by atoms with E-state index >= 15 is 0 Å². The van der Waals surface area contributed by atoms with Crippen molar-refractivity contribution in [2.45, 2.75) is 84.9 Å². The van der Waals surface area contributed by atoms with Crippen molar-refractivity contribution in [3.05, 3.63) is 24.3 Å². The van der Waals surface area contributed by atoms with Gasteiger partial charge in [-0.1, -0.05) is 79.7 Å². The second-order valence-electron chi connectivity index (χ2n) is 7.83. The fraction of sp³-hybridized carbons (Fsp3) is 0.762. The standard InChI is InChI=1S/C21H40O3Si/c1-9-11-13-19(20(21(22)23)14-12-10-2)15-24-25(16(3)4,17(5)6)18(7)8/h11-14,16-20H,9-10,15H2,1-8H3,(H,22,23)/b13-11+,14-12+. The van der Waals surface area contributed by atoms with Crippen LogP contribution in [0.4, 0.5) is 0 Å². The molecule has 0 spiro atoms. The number of rotatable bonds is 12. The van der Waals surface area contributed by atoms with Gasteiger partial charge in [-0.25, -0.2) is 0 Å². The molecule has 2 unspecified atom stereocenters. The number of carbonyl (C=O) groups is 1. The third-order valence-corrected chi connectivity index (χ3v) is 11.3. The molecule has 3 nitrogen and oxygen atoms in total. The van der Waals surface area contributed by atoms with Gasteiger partial charge in [0.25, 0.3) is 0 Å². The van der Waals surface area contributed by atoms with Crippen LogP contribution in [0.1, 0.15) is 68.2 Å². The molecule has 0 amide bonds. The lowest BCUT2D eigenvalue weighted by atomic mass is 9.91. The van der Waals surface area contributed by atoms with Crippen molar-refractivity contribution in [1.29, 1.82) is 0 Å². The van der Waals surface area contributed by atoms with E-state index in [1.54, 1.807) is 0 Å². The maximum Gasteiger partial charge on any atom is 0.311 e. The van der Waals surface area contributed by atoms with Gasteiger partial charge < -0.3 is 9.53 Å². The minimum Gasteiger partial charge on any atom is -0.481 e. The molecule has 0 bridgehead atoms. The molecule has 4 heteroatoms. The molecule has 1 N–H and O–H groups in total. The van der Waals surface area contributed by atoms with Crippen LogP contribution in [-0.2, 0) is 9.22 Å². The van der Waals surface area contributed by atoms with E-state index in [0.29, 0.717) is 23.2 Å². The Balaban J connectivity index is 5.60. The van der Waals surface area contributed by atoms with E-state index in [1.807, 2.05) is 25.2 Å². The smallest absolute Gasteiger partial charge is 0.311 e. The van der Waals surface area contributed by atoms with Crippen LogP contribution in [0.2, 0.25) is 16.6 Å². The molecule has 146 valence electrons. The van der Waals surface area contributed by atoms with Crippen LogP contribution in [0.25, 0.3) is 0 Å². The van der Waals surface area contributed by atoms with Gasteiger partial charge >= 0.3 is 5.97 Å². The van der Waals surface area contributed by atoms with Gasteiger partial charge in [-0.05, 0) is 29.5 Å². The zero-order chi connectivity index (χ0) is 19.6. The van der Waals surface area contributed by atoms with Crippen LogP contribution in [0.5, 0.6) is 0 Å². The molecule has 0 aromatic carbocycles. The molecule has 0 aliphatic heterocycles. The Bertz CT molecular complexity index is 417. The van der Waals surface area contributed by atoms with Crippen molar-refractivity contribution >= 4 is 14.3 Å². The summed E-state index contributed by atoms with van der Waals surface area (Å²) in [5.41, 5.74) is 1.49. The molecule has 2 atom stereocenters. The first-order chi connectivity index (χ1) is 11.6. The highest BCUT2D eigenvalue weighted by Gasteiger charge is 2.45. The second-order valence-corrected chi connectivity index (χ2v) is 13.3. The van der Waals surface area contributed by atoms with Crippen molar-refractivity contribution in [3.8, 4) is 0 Å². The summed E-state index contributed by atoms with van der Waals surface area (Å²) in [6.45, 7) is 18.1. The lowest BCUT2D eigenvalue weighted by Gasteiger charge is -2.43. The summed E-state index contributed by atoms with van der Waals surface area (Å²) in [4.78, 5) is 11.8. The van der Waals surface area contributed by atoms with E-state index in [1.165, 1.54) is 0 Å². The number of aliphatic carboxylic acids is 1. The molecule has 0 heterocycles. The summed E-state index contributed by atoms with van der Waals surface area (Å²) in [6, 6.07) is 0. The monoisotopic (exact) mass is 368 g/mol. The summed E-state index contributed by atoms with van der Waals surface area (Å²) in [7, 11) is -1.99. The Hall–Kier alpha value is -0.873. The van der Waals surface area contributed by atoms with Crippen LogP contribution in [0.3, 0.4) is 0 Å². The SMILES string of the molecule is CC/C=C/C(CO[Si](C(C)C)(C(C)C)C(C)C)C(/C=C/CC)C(=O)O. The number of hydrogen-bond acceptors (Lipinski definition) is 2. The van der Waals surface area contributed by atoms with E-state index < -0.39 is 20.2 Å². The van der Waals surface area contributed by atoms with Crippen LogP contribution < -0.4 is 0 Å². The van der Waals surface area contributed by atoms with Crippen molar-refractivity contribution in [3.63, 3.8) is 0 Å². The fourth-order valence-corrected chi connectivity index (χ4v) is 9.50. The van der Waals surface area contributed by atoms with E-state index in [4.69, 9.17) is 4.43 Å². The highest BCUT2D eigenvalue weighted by Crippen LogP contribution is 2.42. The highest BCUT2D eigenvalue weighted by molar-refractivity contribution is 6.77. The average Bonchev–Trinajstić information content (AvgIpc) is 2.51. The molecule has 0 aliphatic rings. The lowest BCUT2D eigenvalue weighted by molar-refractivity contribution is -0.141. The van der Waals surface area contributed by atoms with Crippen LogP contribution >= 0.6 is 0 Å². The van der Waals surface area contributed by atoms with Crippen molar-refractivity contribution in [2.24, 2.45) is 11.8 Å². The van der Waals surface area contributed by atoms with Gasteiger partial charge in [0, 0.05) is 12.5 Å². The topological polar surface area (TPSA) is 46.5 Å². The molecule has 0 aliphatic carbocycles. The third kappa shape index (κ3) is 6.74. The van der Waals surface area contributed by atoms with Crippen molar-refractivity contribution in [2.75, 3.05) is 6.61 Å². The zero-order valence-electron chi connectivity index (χ0n) is 17.6. The van der Waals surface area contributed by atoms with E-state index in [-0.39, 0.29) is 5.92 Å². The molecule has 0 aromatic heterocycles. The third-order valence-electron chi connectivity index (χ3n) is 5.18. The first-order valence-corrected chi connectivity index (χ1v) is 12.0. The van der Waals surface area contributed by atoms with Crippen LogP contribution in [-0.4, -0.2) is 26.0 Å². The van der Waals surface area contributed by atoms with E-state index in [9.17, 15) is 9.90 Å². The van der Waals surface area contributed by atoms with Crippen LogP contribution in [0.15, 0.2) is 24.3 Å². The Morgan fingerprint density at radius 3 is 1.72 bits per heavy atom. The summed E-state index contributed by atoms with van der Waals surface area (Å²) >= 11 is 0. The fourth-order valence-electron chi connectivity index (χ4n) is 4.02. The molecular weight excluding hydrogens is 328 g/mol. The van der Waals surface area contributed by atoms with E-state index in [0.717, 1.165) is 12.8 Å². The van der Waals surface area contributed by atoms with Crippen molar-refractivity contribution in [1.82, 2.24) is 0 Å². The Kier molecular flexibility index (Phi) is 11.3. The molecule has 0 saturated heterocycles. The quantitative estimate of drug-likeness (QED) is 0.319. The summed E-state index contributed by atoms with van der Waals surface area (Å²) in [6.07, 6.45) is 9.63. The Morgan fingerprint density at radius 1 is 0.920 bits per heavy atom. The number of hydrogen-bond donors (Lipinski definition) is 1. The van der Waals surface area contributed by atoms with Gasteiger partial charge in [-0.2, -0.15) is 0 Å². The summed E-state index contributed by atoms with van der Waals surface area (Å²) in [5, 5.41) is 9.70. The van der Waals surface area contributed by atoms with Gasteiger partial charge in [0.2, 0.25) is 0 Å². The summed E-state index contributed by atoms with van der Waals surface area (Å²) < 4.78 is 6.67. The molecule has 0 rings (SSSR count). The number of allylic oxidation sites excluding steroid dienone is 2. The predicted molar refractivity (Wildman–Crippen MR) is 110 cm³/mol. The highest BCUT2D eigenvalue weighted by atomic mass is 28.4. The van der Waals surface area contributed by atoms with Crippen LogP contribution in [0, 0.1) is 11.8 Å². The van der Waals surface area contributed by atoms with Gasteiger partial charge in [-0.3, -0.25) is 4.79 Å². The number of carboxylic acid groups (broad SMARTS) is 1. The maximum atomic E-state index is 11.8. The molecule has 0 aromatic rings. The number of carboxylic acids is 1. The molecule has 0 saturated carbocycles. The molecule has 25 heavy (non-hydrogen) atoms. The van der Waals surface area contributed by atoms with Gasteiger partial charge in [0.15, 0.2) is 8.32 Å². The molecule has 0 fully saturated rings. The largest absolute Gasteiger partial charge is 0.481 e. The average molecular weight is 369 g/mol. The molecule has 0 radical (unpaired) electrons. The van der Waals surface area contributed by atoms with E-state index in [2.05, 4.69) is 54.5 Å². The van der Waals surface area contributed by atoms with Gasteiger partial charge in [-0.15, -0.1) is 0 Å². The van der Waals surface area contributed by atoms with Crippen molar-refractivity contribution < 1.29 is 14.3 Å². The molecular formula is C21H40O3Si. The normalized spacial score (nSPS) is 15.8. The predicted octanol–water partition coefficient (Wildman–Crippen LogP) is 6.43. The summed E-state index contributed by atoms with van der Waals surface area (Å²) in [5.74, 6) is -1.42.